The van der Waals surface area contributed by atoms with Gasteiger partial charge in [-0.25, -0.2) is 12.8 Å². The Morgan fingerprint density at radius 1 is 1.17 bits per heavy atom. The van der Waals surface area contributed by atoms with Gasteiger partial charge in [-0.05, 0) is 42.0 Å². The van der Waals surface area contributed by atoms with Crippen LogP contribution >= 0.6 is 11.6 Å². The summed E-state index contributed by atoms with van der Waals surface area (Å²) in [5.41, 5.74) is 5.54. The van der Waals surface area contributed by atoms with Gasteiger partial charge >= 0.3 is 0 Å². The smallest absolute Gasteiger partial charge is 0.243 e. The number of nitrogens with zero attached hydrogens (tertiary/aromatic N) is 1. The van der Waals surface area contributed by atoms with E-state index in [9.17, 15) is 17.6 Å². The largest absolute Gasteiger partial charge is 0.369 e. The molecule has 8 heteroatoms. The summed E-state index contributed by atoms with van der Waals surface area (Å²) in [7, 11) is -3.97. The number of amides is 1. The van der Waals surface area contributed by atoms with Crippen LogP contribution in [0.5, 0.6) is 0 Å². The van der Waals surface area contributed by atoms with Crippen LogP contribution in [0.4, 0.5) is 4.39 Å². The van der Waals surface area contributed by atoms with Crippen molar-refractivity contribution in [2.24, 2.45) is 5.73 Å². The van der Waals surface area contributed by atoms with Crippen molar-refractivity contribution in [3.8, 4) is 0 Å². The van der Waals surface area contributed by atoms with Gasteiger partial charge < -0.3 is 5.73 Å². The SMILES string of the molecule is NC(=O)CN(Cc1cccc(F)c1)S(=O)(=O)c1ccc(Cl)cc1. The third-order valence-corrected chi connectivity index (χ3v) is 5.09. The minimum Gasteiger partial charge on any atom is -0.369 e. The van der Waals surface area contributed by atoms with Crippen molar-refractivity contribution in [2.75, 3.05) is 6.54 Å². The van der Waals surface area contributed by atoms with Gasteiger partial charge in [0.25, 0.3) is 0 Å². The van der Waals surface area contributed by atoms with E-state index in [1.807, 2.05) is 0 Å². The number of halogens is 2. The predicted octanol–water partition coefficient (Wildman–Crippen LogP) is 2.16. The highest BCUT2D eigenvalue weighted by molar-refractivity contribution is 7.89. The highest BCUT2D eigenvalue weighted by atomic mass is 35.5. The van der Waals surface area contributed by atoms with E-state index in [-0.39, 0.29) is 11.4 Å². The molecular formula is C15H14ClFN2O3S. The molecule has 5 nitrogen and oxygen atoms in total. The number of hydrogen-bond donors (Lipinski definition) is 1. The highest BCUT2D eigenvalue weighted by Gasteiger charge is 2.26. The second kappa shape index (κ2) is 7.08. The van der Waals surface area contributed by atoms with E-state index in [1.54, 1.807) is 6.07 Å². The van der Waals surface area contributed by atoms with Gasteiger partial charge in [0.05, 0.1) is 11.4 Å². The number of hydrogen-bond acceptors (Lipinski definition) is 3. The third-order valence-electron chi connectivity index (χ3n) is 3.03. The molecule has 2 aromatic rings. The Labute approximate surface area is 138 Å². The van der Waals surface area contributed by atoms with E-state index in [4.69, 9.17) is 17.3 Å². The lowest BCUT2D eigenvalue weighted by atomic mass is 10.2. The Morgan fingerprint density at radius 2 is 1.83 bits per heavy atom. The first-order valence-corrected chi connectivity index (χ1v) is 8.39. The summed E-state index contributed by atoms with van der Waals surface area (Å²) in [5.74, 6) is -1.30. The molecule has 0 heterocycles. The second-order valence-electron chi connectivity index (χ2n) is 4.82. The molecule has 0 bridgehead atoms. The molecule has 0 spiro atoms. The van der Waals surface area contributed by atoms with Crippen LogP contribution in [0.1, 0.15) is 5.56 Å². The quantitative estimate of drug-likeness (QED) is 0.861. The van der Waals surface area contributed by atoms with Crippen LogP contribution in [0.25, 0.3) is 0 Å². The summed E-state index contributed by atoms with van der Waals surface area (Å²) in [6.45, 7) is -0.687. The summed E-state index contributed by atoms with van der Waals surface area (Å²) < 4.78 is 39.5. The van der Waals surface area contributed by atoms with E-state index >= 15 is 0 Å². The average Bonchev–Trinajstić information content (AvgIpc) is 2.46. The van der Waals surface area contributed by atoms with E-state index in [0.717, 1.165) is 4.31 Å². The minimum atomic E-state index is -3.97. The lowest BCUT2D eigenvalue weighted by Crippen LogP contribution is -2.38. The molecular weight excluding hydrogens is 343 g/mol. The normalized spacial score (nSPS) is 11.6. The number of nitrogens with two attached hydrogens (primary N) is 1. The average molecular weight is 357 g/mol. The Hall–Kier alpha value is -1.96. The molecule has 0 unspecified atom stereocenters. The Bertz CT molecular complexity index is 810. The molecule has 1 amide bonds. The van der Waals surface area contributed by atoms with Crippen molar-refractivity contribution in [1.29, 1.82) is 0 Å². The van der Waals surface area contributed by atoms with Crippen LogP contribution < -0.4 is 5.73 Å². The maximum absolute atomic E-state index is 13.3. The van der Waals surface area contributed by atoms with Crippen molar-refractivity contribution in [3.05, 3.63) is 64.9 Å². The lowest BCUT2D eigenvalue weighted by Gasteiger charge is -2.21. The van der Waals surface area contributed by atoms with Crippen molar-refractivity contribution in [1.82, 2.24) is 4.31 Å². The van der Waals surface area contributed by atoms with Gasteiger partial charge in [0.15, 0.2) is 0 Å². The maximum Gasteiger partial charge on any atom is 0.243 e. The molecule has 2 rings (SSSR count). The minimum absolute atomic E-state index is 0.0282. The monoisotopic (exact) mass is 356 g/mol. The van der Waals surface area contributed by atoms with Crippen molar-refractivity contribution in [2.45, 2.75) is 11.4 Å². The number of benzene rings is 2. The van der Waals surface area contributed by atoms with Crippen molar-refractivity contribution in [3.63, 3.8) is 0 Å². The number of sulfonamides is 1. The first-order valence-electron chi connectivity index (χ1n) is 6.57. The van der Waals surface area contributed by atoms with Gasteiger partial charge in [-0.2, -0.15) is 4.31 Å². The first-order chi connectivity index (χ1) is 10.8. The number of carbonyl (C=O) groups is 1. The van der Waals surface area contributed by atoms with Gasteiger partial charge in [-0.1, -0.05) is 23.7 Å². The molecule has 0 saturated carbocycles. The second-order valence-corrected chi connectivity index (χ2v) is 7.20. The fraction of sp³-hybridized carbons (Fsp3) is 0.133. The lowest BCUT2D eigenvalue weighted by molar-refractivity contribution is -0.118. The topological polar surface area (TPSA) is 80.5 Å². The van der Waals surface area contributed by atoms with Crippen molar-refractivity contribution >= 4 is 27.5 Å². The van der Waals surface area contributed by atoms with Crippen LogP contribution in [0.15, 0.2) is 53.4 Å². The van der Waals surface area contributed by atoms with Gasteiger partial charge in [-0.15, -0.1) is 0 Å². The summed E-state index contributed by atoms with van der Waals surface area (Å²) >= 11 is 5.75. The molecule has 0 aromatic heterocycles. The number of rotatable bonds is 6. The van der Waals surface area contributed by atoms with E-state index in [0.29, 0.717) is 10.6 Å². The Balaban J connectivity index is 2.37. The molecule has 2 N–H and O–H groups in total. The summed E-state index contributed by atoms with van der Waals surface area (Å²) in [4.78, 5) is 11.2. The van der Waals surface area contributed by atoms with Crippen LogP contribution in [-0.4, -0.2) is 25.2 Å². The molecule has 0 aliphatic carbocycles. The summed E-state index contributed by atoms with van der Waals surface area (Å²) in [6, 6.07) is 11.0. The Kier molecular flexibility index (Phi) is 5.35. The molecule has 122 valence electrons. The number of primary amides is 1. The zero-order valence-corrected chi connectivity index (χ0v) is 13.5. The molecule has 0 aliphatic rings. The van der Waals surface area contributed by atoms with Gasteiger partial charge in [-0.3, -0.25) is 4.79 Å². The fourth-order valence-electron chi connectivity index (χ4n) is 1.99. The van der Waals surface area contributed by atoms with Gasteiger partial charge in [0.1, 0.15) is 5.82 Å². The van der Waals surface area contributed by atoms with Crippen LogP contribution in [0.3, 0.4) is 0 Å². The molecule has 23 heavy (non-hydrogen) atoms. The maximum atomic E-state index is 13.3. The zero-order chi connectivity index (χ0) is 17.0. The van der Waals surface area contributed by atoms with E-state index < -0.39 is 28.3 Å². The van der Waals surface area contributed by atoms with E-state index in [2.05, 4.69) is 0 Å². The fourth-order valence-corrected chi connectivity index (χ4v) is 3.51. The molecule has 0 aliphatic heterocycles. The first kappa shape index (κ1) is 17.4. The van der Waals surface area contributed by atoms with Crippen molar-refractivity contribution < 1.29 is 17.6 Å². The zero-order valence-electron chi connectivity index (χ0n) is 11.9. The van der Waals surface area contributed by atoms with Gasteiger partial charge in [0.2, 0.25) is 15.9 Å². The molecule has 0 fully saturated rings. The third kappa shape index (κ3) is 4.51. The van der Waals surface area contributed by atoms with Crippen LogP contribution in [0.2, 0.25) is 5.02 Å². The molecule has 0 atom stereocenters. The standard InChI is InChI=1S/C15H14ClFN2O3S/c16-12-4-6-14(7-5-12)23(21,22)19(10-15(18)20)9-11-2-1-3-13(17)8-11/h1-8H,9-10H2,(H2,18,20). The Morgan fingerprint density at radius 3 is 2.39 bits per heavy atom. The summed E-state index contributed by atoms with van der Waals surface area (Å²) in [5, 5.41) is 0.385. The molecule has 2 aromatic carbocycles. The highest BCUT2D eigenvalue weighted by Crippen LogP contribution is 2.20. The van der Waals surface area contributed by atoms with E-state index in [1.165, 1.54) is 42.5 Å². The van der Waals surface area contributed by atoms with Crippen LogP contribution in [-0.2, 0) is 21.4 Å². The molecule has 0 radical (unpaired) electrons. The van der Waals surface area contributed by atoms with Gasteiger partial charge in [0, 0.05) is 11.6 Å². The van der Waals surface area contributed by atoms with Crippen LogP contribution in [0, 0.1) is 5.82 Å². The summed E-state index contributed by atoms with van der Waals surface area (Å²) in [6.07, 6.45) is 0. The number of carbonyl (C=O) groups excluding carboxylic acids is 1. The predicted molar refractivity (Wildman–Crippen MR) is 84.6 cm³/mol. The molecule has 0 saturated heterocycles.